The lowest BCUT2D eigenvalue weighted by Crippen LogP contribution is -2.10. The van der Waals surface area contributed by atoms with Gasteiger partial charge < -0.3 is 0 Å². The third-order valence-electron chi connectivity index (χ3n) is 3.07. The van der Waals surface area contributed by atoms with Crippen molar-refractivity contribution in [2.45, 2.75) is 39.7 Å². The monoisotopic (exact) mass is 264 g/mol. The molecule has 2 nitrogen and oxygen atoms in total. The van der Waals surface area contributed by atoms with Gasteiger partial charge in [-0.25, -0.2) is 4.98 Å². The smallest absolute Gasteiger partial charge is 0.273 e. The summed E-state index contributed by atoms with van der Waals surface area (Å²) in [6.07, 6.45) is 1.37. The van der Waals surface area contributed by atoms with Crippen LogP contribution in [0.2, 0.25) is 0 Å². The van der Waals surface area contributed by atoms with Crippen molar-refractivity contribution >= 4 is 0 Å². The molecule has 0 aliphatic carbocycles. The van der Waals surface area contributed by atoms with E-state index in [2.05, 4.69) is 25.8 Å². The average molecular weight is 264 g/mol. The number of alkyl halides is 2. The second-order valence-electron chi connectivity index (χ2n) is 5.72. The van der Waals surface area contributed by atoms with Crippen molar-refractivity contribution in [2.75, 3.05) is 0 Å². The first kappa shape index (κ1) is 13.7. The summed E-state index contributed by atoms with van der Waals surface area (Å²) in [4.78, 5) is 4.18. The minimum atomic E-state index is -2.57. The van der Waals surface area contributed by atoms with E-state index >= 15 is 0 Å². The molecule has 4 heteroatoms. The Hall–Kier alpha value is -1.71. The number of rotatable bonds is 2. The number of aryl methyl sites for hydroxylation is 1. The number of nitrogens with zero attached hydrogens (tertiary/aromatic N) is 2. The molecule has 0 unspecified atom stereocenters. The van der Waals surface area contributed by atoms with E-state index in [1.165, 1.54) is 11.8 Å². The molecule has 0 saturated heterocycles. The van der Waals surface area contributed by atoms with E-state index in [9.17, 15) is 8.78 Å². The SMILES string of the molecule is Cc1cn(C(F)F)c(-c2ccc(C(C)(C)C)cc2)n1. The summed E-state index contributed by atoms with van der Waals surface area (Å²) in [5, 5.41) is 0. The van der Waals surface area contributed by atoms with Crippen LogP contribution in [-0.4, -0.2) is 9.55 Å². The minimum absolute atomic E-state index is 0.0482. The molecule has 1 heterocycles. The fourth-order valence-electron chi connectivity index (χ4n) is 2.00. The maximum absolute atomic E-state index is 12.9. The molecule has 0 aliphatic rings. The number of halogens is 2. The lowest BCUT2D eigenvalue weighted by Gasteiger charge is -2.19. The zero-order valence-electron chi connectivity index (χ0n) is 11.6. The van der Waals surface area contributed by atoms with Crippen LogP contribution < -0.4 is 0 Å². The van der Waals surface area contributed by atoms with Crippen LogP contribution in [0, 0.1) is 6.92 Å². The third-order valence-corrected chi connectivity index (χ3v) is 3.07. The maximum atomic E-state index is 12.9. The van der Waals surface area contributed by atoms with Crippen molar-refractivity contribution < 1.29 is 8.78 Å². The summed E-state index contributed by atoms with van der Waals surface area (Å²) in [5.41, 5.74) is 2.52. The highest BCUT2D eigenvalue weighted by molar-refractivity contribution is 5.57. The van der Waals surface area contributed by atoms with E-state index < -0.39 is 6.55 Å². The molecule has 0 aliphatic heterocycles. The van der Waals surface area contributed by atoms with Gasteiger partial charge in [-0.3, -0.25) is 4.57 Å². The van der Waals surface area contributed by atoms with Crippen LogP contribution in [0.1, 0.15) is 38.6 Å². The Balaban J connectivity index is 2.43. The van der Waals surface area contributed by atoms with E-state index in [1.807, 2.05) is 24.3 Å². The molecule has 1 aromatic heterocycles. The molecular weight excluding hydrogens is 246 g/mol. The highest BCUT2D eigenvalue weighted by Crippen LogP contribution is 2.27. The average Bonchev–Trinajstić information content (AvgIpc) is 2.70. The van der Waals surface area contributed by atoms with Crippen molar-refractivity contribution in [3.05, 3.63) is 41.7 Å². The lowest BCUT2D eigenvalue weighted by molar-refractivity contribution is 0.0719. The highest BCUT2D eigenvalue weighted by Gasteiger charge is 2.17. The summed E-state index contributed by atoms with van der Waals surface area (Å²) in [5.74, 6) is 0.313. The molecule has 2 rings (SSSR count). The first-order chi connectivity index (χ1) is 8.79. The summed E-state index contributed by atoms with van der Waals surface area (Å²) < 4.78 is 26.7. The van der Waals surface area contributed by atoms with Gasteiger partial charge in [0.1, 0.15) is 5.82 Å². The van der Waals surface area contributed by atoms with Gasteiger partial charge in [-0.2, -0.15) is 8.78 Å². The fraction of sp³-hybridized carbons (Fsp3) is 0.400. The number of aromatic nitrogens is 2. The summed E-state index contributed by atoms with van der Waals surface area (Å²) in [6.45, 7) is 5.50. The van der Waals surface area contributed by atoms with Gasteiger partial charge in [0, 0.05) is 11.8 Å². The lowest BCUT2D eigenvalue weighted by atomic mass is 9.87. The topological polar surface area (TPSA) is 17.8 Å². The predicted octanol–water partition coefficient (Wildman–Crippen LogP) is 4.55. The van der Waals surface area contributed by atoms with Gasteiger partial charge >= 0.3 is 6.55 Å². The van der Waals surface area contributed by atoms with Crippen molar-refractivity contribution in [3.63, 3.8) is 0 Å². The van der Waals surface area contributed by atoms with Gasteiger partial charge in [-0.05, 0) is 17.9 Å². The summed E-state index contributed by atoms with van der Waals surface area (Å²) in [6, 6.07) is 7.63. The Morgan fingerprint density at radius 3 is 2.16 bits per heavy atom. The zero-order chi connectivity index (χ0) is 14.2. The van der Waals surface area contributed by atoms with Gasteiger partial charge in [0.05, 0.1) is 5.69 Å². The third kappa shape index (κ3) is 2.83. The molecule has 0 N–H and O–H groups in total. The molecule has 102 valence electrons. The Bertz CT molecular complexity index is 563. The van der Waals surface area contributed by atoms with Gasteiger partial charge in [0.25, 0.3) is 0 Å². The number of imidazole rings is 1. The molecule has 0 amide bonds. The van der Waals surface area contributed by atoms with Crippen LogP contribution in [-0.2, 0) is 5.41 Å². The van der Waals surface area contributed by atoms with E-state index in [0.717, 1.165) is 4.57 Å². The molecule has 2 aromatic rings. The van der Waals surface area contributed by atoms with Crippen molar-refractivity contribution in [1.82, 2.24) is 9.55 Å². The summed E-state index contributed by atoms with van der Waals surface area (Å²) >= 11 is 0. The minimum Gasteiger partial charge on any atom is -0.273 e. The second-order valence-corrected chi connectivity index (χ2v) is 5.72. The Morgan fingerprint density at radius 1 is 1.11 bits per heavy atom. The van der Waals surface area contributed by atoms with Gasteiger partial charge in [0.15, 0.2) is 0 Å². The zero-order valence-corrected chi connectivity index (χ0v) is 11.6. The fourth-order valence-corrected chi connectivity index (χ4v) is 2.00. The molecular formula is C15H18F2N2. The van der Waals surface area contributed by atoms with Crippen LogP contribution in [0.15, 0.2) is 30.5 Å². The molecule has 0 atom stereocenters. The molecule has 1 aromatic carbocycles. The number of hydrogen-bond donors (Lipinski definition) is 0. The standard InChI is InChI=1S/C15H18F2N2/c1-10-9-19(14(16)17)13(18-10)11-5-7-12(8-6-11)15(2,3)4/h5-9,14H,1-4H3. The van der Waals surface area contributed by atoms with E-state index in [4.69, 9.17) is 0 Å². The van der Waals surface area contributed by atoms with Crippen LogP contribution in [0.4, 0.5) is 8.78 Å². The quantitative estimate of drug-likeness (QED) is 0.778. The van der Waals surface area contributed by atoms with E-state index in [1.54, 1.807) is 6.92 Å². The Morgan fingerprint density at radius 2 is 1.68 bits per heavy atom. The van der Waals surface area contributed by atoms with Crippen LogP contribution >= 0.6 is 0 Å². The van der Waals surface area contributed by atoms with Crippen LogP contribution in [0.3, 0.4) is 0 Å². The van der Waals surface area contributed by atoms with Crippen molar-refractivity contribution in [2.24, 2.45) is 0 Å². The second kappa shape index (κ2) is 4.76. The highest BCUT2D eigenvalue weighted by atomic mass is 19.3. The number of benzene rings is 1. The predicted molar refractivity (Wildman–Crippen MR) is 72.4 cm³/mol. The van der Waals surface area contributed by atoms with Crippen molar-refractivity contribution in [3.8, 4) is 11.4 Å². The number of hydrogen-bond acceptors (Lipinski definition) is 1. The molecule has 0 spiro atoms. The largest absolute Gasteiger partial charge is 0.320 e. The molecule has 0 radical (unpaired) electrons. The first-order valence-corrected chi connectivity index (χ1v) is 6.23. The Labute approximate surface area is 112 Å². The van der Waals surface area contributed by atoms with E-state index in [-0.39, 0.29) is 5.41 Å². The van der Waals surface area contributed by atoms with Crippen LogP contribution in [0.25, 0.3) is 11.4 Å². The normalized spacial score (nSPS) is 12.2. The molecule has 0 saturated carbocycles. The van der Waals surface area contributed by atoms with Crippen LogP contribution in [0.5, 0.6) is 0 Å². The maximum Gasteiger partial charge on any atom is 0.320 e. The van der Waals surface area contributed by atoms with E-state index in [0.29, 0.717) is 17.1 Å². The summed E-state index contributed by atoms with van der Waals surface area (Å²) in [7, 11) is 0. The van der Waals surface area contributed by atoms with Gasteiger partial charge in [-0.15, -0.1) is 0 Å². The van der Waals surface area contributed by atoms with Gasteiger partial charge in [-0.1, -0.05) is 45.0 Å². The van der Waals surface area contributed by atoms with Crippen molar-refractivity contribution in [1.29, 1.82) is 0 Å². The first-order valence-electron chi connectivity index (χ1n) is 6.23. The molecule has 0 bridgehead atoms. The Kier molecular flexibility index (Phi) is 3.43. The molecule has 0 fully saturated rings. The molecule has 19 heavy (non-hydrogen) atoms. The van der Waals surface area contributed by atoms with Gasteiger partial charge in [0.2, 0.25) is 0 Å².